The van der Waals surface area contributed by atoms with Gasteiger partial charge in [-0.15, -0.1) is 11.3 Å². The van der Waals surface area contributed by atoms with E-state index in [0.717, 1.165) is 0 Å². The molecule has 2 rings (SSSR count). The maximum absolute atomic E-state index is 11.1. The van der Waals surface area contributed by atoms with Crippen LogP contribution in [-0.4, -0.2) is 23.6 Å². The topological polar surface area (TPSA) is 77.3 Å². The molecule has 0 aliphatic heterocycles. The summed E-state index contributed by atoms with van der Waals surface area (Å²) in [6, 6.07) is 6.92. The highest BCUT2D eigenvalue weighted by Crippen LogP contribution is 2.30. The second-order valence-corrected chi connectivity index (χ2v) is 6.14. The van der Waals surface area contributed by atoms with Gasteiger partial charge >= 0.3 is 5.69 Å². The zero-order valence-electron chi connectivity index (χ0n) is 12.1. The number of hydrogen-bond acceptors (Lipinski definition) is 6. The molecule has 6 nitrogen and oxygen atoms in total. The van der Waals surface area contributed by atoms with E-state index in [1.807, 2.05) is 11.4 Å². The van der Waals surface area contributed by atoms with E-state index >= 15 is 0 Å². The van der Waals surface area contributed by atoms with Gasteiger partial charge in [0.2, 0.25) is 11.7 Å². The van der Waals surface area contributed by atoms with Gasteiger partial charge in [0.05, 0.1) is 12.0 Å². The Labute approximate surface area is 126 Å². The Morgan fingerprint density at radius 3 is 2.76 bits per heavy atom. The number of nitro groups is 1. The lowest BCUT2D eigenvalue weighted by Gasteiger charge is -2.23. The molecule has 0 unspecified atom stereocenters. The molecule has 0 aliphatic carbocycles. The van der Waals surface area contributed by atoms with Gasteiger partial charge in [-0.25, -0.2) is 0 Å². The van der Waals surface area contributed by atoms with Crippen LogP contribution >= 0.6 is 11.3 Å². The van der Waals surface area contributed by atoms with Crippen LogP contribution in [0.5, 0.6) is 5.88 Å². The predicted octanol–water partition coefficient (Wildman–Crippen LogP) is 3.45. The van der Waals surface area contributed by atoms with Gasteiger partial charge in [0, 0.05) is 29.0 Å². The van der Waals surface area contributed by atoms with E-state index in [2.05, 4.69) is 30.2 Å². The standard InChI is InChI=1S/C14H17N3O3S/c1-14(2,11-5-4-8-21-11)9-15-13-10(17(18)19)6-7-12(16-13)20-3/h4-8H,9H2,1-3H3,(H,15,16). The van der Waals surface area contributed by atoms with E-state index in [1.165, 1.54) is 24.1 Å². The van der Waals surface area contributed by atoms with Crippen molar-refractivity contribution in [2.24, 2.45) is 0 Å². The van der Waals surface area contributed by atoms with Gasteiger partial charge < -0.3 is 10.1 Å². The molecule has 2 aromatic rings. The molecule has 0 fully saturated rings. The van der Waals surface area contributed by atoms with Gasteiger partial charge in [0.25, 0.3) is 0 Å². The molecular weight excluding hydrogens is 290 g/mol. The van der Waals surface area contributed by atoms with Gasteiger partial charge in [0.1, 0.15) is 0 Å². The van der Waals surface area contributed by atoms with E-state index in [4.69, 9.17) is 4.74 Å². The molecule has 7 heteroatoms. The number of thiophene rings is 1. The molecule has 0 amide bonds. The number of hydrogen-bond donors (Lipinski definition) is 1. The Balaban J connectivity index is 2.21. The third kappa shape index (κ3) is 3.49. The minimum atomic E-state index is -0.451. The number of nitrogens with zero attached hydrogens (tertiary/aromatic N) is 2. The second kappa shape index (κ2) is 6.09. The lowest BCUT2D eigenvalue weighted by atomic mass is 9.91. The van der Waals surface area contributed by atoms with Crippen molar-refractivity contribution >= 4 is 22.8 Å². The van der Waals surface area contributed by atoms with Crippen LogP contribution in [0.25, 0.3) is 0 Å². The number of nitrogens with one attached hydrogen (secondary N) is 1. The first-order valence-corrected chi connectivity index (χ1v) is 7.29. The van der Waals surface area contributed by atoms with Crippen LogP contribution in [-0.2, 0) is 5.41 Å². The van der Waals surface area contributed by atoms with Crippen molar-refractivity contribution in [2.75, 3.05) is 19.0 Å². The molecule has 0 atom stereocenters. The smallest absolute Gasteiger partial charge is 0.311 e. The first-order chi connectivity index (χ1) is 9.94. The molecule has 0 saturated heterocycles. The molecular formula is C14H17N3O3S. The molecule has 2 aromatic heterocycles. The van der Waals surface area contributed by atoms with E-state index in [-0.39, 0.29) is 16.9 Å². The number of ether oxygens (including phenoxy) is 1. The highest BCUT2D eigenvalue weighted by Gasteiger charge is 2.24. The van der Waals surface area contributed by atoms with Crippen molar-refractivity contribution in [3.63, 3.8) is 0 Å². The largest absolute Gasteiger partial charge is 0.481 e. The monoisotopic (exact) mass is 307 g/mol. The van der Waals surface area contributed by atoms with Crippen molar-refractivity contribution in [2.45, 2.75) is 19.3 Å². The zero-order valence-corrected chi connectivity index (χ0v) is 12.9. The molecule has 0 aromatic carbocycles. The summed E-state index contributed by atoms with van der Waals surface area (Å²) in [5, 5.41) is 16.2. The molecule has 0 bridgehead atoms. The number of anilines is 1. The molecule has 21 heavy (non-hydrogen) atoms. The fourth-order valence-electron chi connectivity index (χ4n) is 1.88. The predicted molar refractivity (Wildman–Crippen MR) is 83.3 cm³/mol. The summed E-state index contributed by atoms with van der Waals surface area (Å²) in [6.07, 6.45) is 0. The summed E-state index contributed by atoms with van der Waals surface area (Å²) in [7, 11) is 1.48. The van der Waals surface area contributed by atoms with Crippen molar-refractivity contribution in [1.29, 1.82) is 0 Å². The first kappa shape index (κ1) is 15.2. The summed E-state index contributed by atoms with van der Waals surface area (Å²) >= 11 is 1.66. The number of pyridine rings is 1. The van der Waals surface area contributed by atoms with Crippen molar-refractivity contribution in [3.8, 4) is 5.88 Å². The van der Waals surface area contributed by atoms with E-state index < -0.39 is 4.92 Å². The summed E-state index contributed by atoms with van der Waals surface area (Å²) in [5.41, 5.74) is -0.204. The van der Waals surface area contributed by atoms with Crippen molar-refractivity contribution in [1.82, 2.24) is 4.98 Å². The highest BCUT2D eigenvalue weighted by atomic mass is 32.1. The highest BCUT2D eigenvalue weighted by molar-refractivity contribution is 7.10. The summed E-state index contributed by atoms with van der Waals surface area (Å²) in [5.74, 6) is 0.570. The summed E-state index contributed by atoms with van der Waals surface area (Å²) in [6.45, 7) is 4.70. The Morgan fingerprint density at radius 1 is 1.43 bits per heavy atom. The third-order valence-corrected chi connectivity index (χ3v) is 4.38. The van der Waals surface area contributed by atoms with Crippen LogP contribution in [0.3, 0.4) is 0 Å². The number of rotatable bonds is 6. The zero-order chi connectivity index (χ0) is 15.5. The SMILES string of the molecule is COc1ccc([N+](=O)[O-])c(NCC(C)(C)c2cccs2)n1. The maximum Gasteiger partial charge on any atom is 0.311 e. The molecule has 2 heterocycles. The van der Waals surface area contributed by atoms with Gasteiger partial charge in [-0.2, -0.15) is 4.98 Å². The minimum Gasteiger partial charge on any atom is -0.481 e. The van der Waals surface area contributed by atoms with Crippen LogP contribution in [0.1, 0.15) is 18.7 Å². The van der Waals surface area contributed by atoms with Crippen LogP contribution in [0.2, 0.25) is 0 Å². The Bertz CT molecular complexity index is 626. The number of aromatic nitrogens is 1. The number of methoxy groups -OCH3 is 1. The van der Waals surface area contributed by atoms with Crippen molar-refractivity contribution < 1.29 is 9.66 Å². The molecule has 0 radical (unpaired) electrons. The van der Waals surface area contributed by atoms with Crippen LogP contribution in [0.15, 0.2) is 29.6 Å². The summed E-state index contributed by atoms with van der Waals surface area (Å²) < 4.78 is 5.02. The van der Waals surface area contributed by atoms with Gasteiger partial charge in [0.15, 0.2) is 0 Å². The molecule has 0 saturated carbocycles. The average Bonchev–Trinajstić information content (AvgIpc) is 2.99. The maximum atomic E-state index is 11.1. The average molecular weight is 307 g/mol. The fourth-order valence-corrected chi connectivity index (χ4v) is 2.73. The van der Waals surface area contributed by atoms with E-state index in [0.29, 0.717) is 12.4 Å². The lowest BCUT2D eigenvalue weighted by Crippen LogP contribution is -2.27. The van der Waals surface area contributed by atoms with Crippen LogP contribution < -0.4 is 10.1 Å². The van der Waals surface area contributed by atoms with E-state index in [1.54, 1.807) is 11.3 Å². The summed E-state index contributed by atoms with van der Waals surface area (Å²) in [4.78, 5) is 15.9. The van der Waals surface area contributed by atoms with Gasteiger partial charge in [-0.3, -0.25) is 10.1 Å². The first-order valence-electron chi connectivity index (χ1n) is 6.41. The lowest BCUT2D eigenvalue weighted by molar-refractivity contribution is -0.384. The molecule has 0 spiro atoms. The molecule has 112 valence electrons. The second-order valence-electron chi connectivity index (χ2n) is 5.19. The van der Waals surface area contributed by atoms with Gasteiger partial charge in [-0.1, -0.05) is 19.9 Å². The third-order valence-electron chi connectivity index (χ3n) is 3.14. The van der Waals surface area contributed by atoms with Gasteiger partial charge in [-0.05, 0) is 11.4 Å². The van der Waals surface area contributed by atoms with Crippen LogP contribution in [0, 0.1) is 10.1 Å². The Kier molecular flexibility index (Phi) is 4.42. The van der Waals surface area contributed by atoms with Crippen molar-refractivity contribution in [3.05, 3.63) is 44.6 Å². The van der Waals surface area contributed by atoms with Crippen LogP contribution in [0.4, 0.5) is 11.5 Å². The molecule has 0 aliphatic rings. The Hall–Kier alpha value is -2.15. The minimum absolute atomic E-state index is 0.0576. The fraction of sp³-hybridized carbons (Fsp3) is 0.357. The molecule has 1 N–H and O–H groups in total. The van der Waals surface area contributed by atoms with E-state index in [9.17, 15) is 10.1 Å². The normalized spacial score (nSPS) is 11.2. The quantitative estimate of drug-likeness (QED) is 0.653. The Morgan fingerprint density at radius 2 is 2.19 bits per heavy atom.